The number of ether oxygens (including phenoxy) is 1. The van der Waals surface area contributed by atoms with Crippen molar-refractivity contribution in [2.24, 2.45) is 0 Å². The van der Waals surface area contributed by atoms with E-state index in [1.165, 1.54) is 24.0 Å². The molecule has 0 radical (unpaired) electrons. The average molecular weight is 337 g/mol. The Morgan fingerprint density at radius 1 is 1.08 bits per heavy atom. The zero-order valence-corrected chi connectivity index (χ0v) is 15.1. The SMILES string of the molecule is CCC(NC(=O)C(C)Oc1cccc2c1CCCC2)c1ccccc1. The van der Waals surface area contributed by atoms with Crippen molar-refractivity contribution < 1.29 is 9.53 Å². The van der Waals surface area contributed by atoms with Gasteiger partial charge in [-0.2, -0.15) is 0 Å². The average Bonchev–Trinajstić information content (AvgIpc) is 2.67. The fraction of sp³-hybridized carbons (Fsp3) is 0.409. The molecule has 0 spiro atoms. The van der Waals surface area contributed by atoms with Crippen LogP contribution in [0.2, 0.25) is 0 Å². The molecule has 0 saturated heterocycles. The van der Waals surface area contributed by atoms with Crippen molar-refractivity contribution in [1.29, 1.82) is 0 Å². The number of nitrogens with one attached hydrogen (secondary N) is 1. The zero-order chi connectivity index (χ0) is 17.6. The number of hydrogen-bond acceptors (Lipinski definition) is 2. The van der Waals surface area contributed by atoms with E-state index in [0.29, 0.717) is 0 Å². The summed E-state index contributed by atoms with van der Waals surface area (Å²) in [5.74, 6) is 0.803. The first kappa shape index (κ1) is 17.5. The van der Waals surface area contributed by atoms with Gasteiger partial charge in [-0.15, -0.1) is 0 Å². The first-order valence-electron chi connectivity index (χ1n) is 9.31. The molecule has 3 heteroatoms. The topological polar surface area (TPSA) is 38.3 Å². The highest BCUT2D eigenvalue weighted by atomic mass is 16.5. The Morgan fingerprint density at radius 2 is 1.84 bits per heavy atom. The Morgan fingerprint density at radius 3 is 2.60 bits per heavy atom. The summed E-state index contributed by atoms with van der Waals surface area (Å²) < 4.78 is 6.04. The molecule has 132 valence electrons. The molecule has 0 fully saturated rings. The molecule has 0 aliphatic heterocycles. The minimum Gasteiger partial charge on any atom is -0.481 e. The van der Waals surface area contributed by atoms with Crippen molar-refractivity contribution in [1.82, 2.24) is 5.32 Å². The van der Waals surface area contributed by atoms with Gasteiger partial charge >= 0.3 is 0 Å². The third kappa shape index (κ3) is 4.22. The van der Waals surface area contributed by atoms with Gasteiger partial charge in [0.2, 0.25) is 0 Å². The lowest BCUT2D eigenvalue weighted by Crippen LogP contribution is -2.38. The number of carbonyl (C=O) groups is 1. The molecule has 2 aromatic carbocycles. The highest BCUT2D eigenvalue weighted by Crippen LogP contribution is 2.30. The molecule has 1 aliphatic rings. The summed E-state index contributed by atoms with van der Waals surface area (Å²) in [4.78, 5) is 12.6. The van der Waals surface area contributed by atoms with E-state index in [2.05, 4.69) is 18.3 Å². The lowest BCUT2D eigenvalue weighted by atomic mass is 9.91. The lowest BCUT2D eigenvalue weighted by Gasteiger charge is -2.24. The Kier molecular flexibility index (Phi) is 5.75. The molecule has 0 bridgehead atoms. The van der Waals surface area contributed by atoms with Gasteiger partial charge in [-0.1, -0.05) is 49.4 Å². The maximum Gasteiger partial charge on any atom is 0.261 e. The van der Waals surface area contributed by atoms with Crippen LogP contribution < -0.4 is 10.1 Å². The molecule has 0 heterocycles. The van der Waals surface area contributed by atoms with Crippen molar-refractivity contribution in [3.63, 3.8) is 0 Å². The number of fused-ring (bicyclic) bond motifs is 1. The minimum atomic E-state index is -0.508. The van der Waals surface area contributed by atoms with Crippen molar-refractivity contribution in [2.75, 3.05) is 0 Å². The van der Waals surface area contributed by atoms with Crippen LogP contribution in [-0.2, 0) is 17.6 Å². The molecule has 3 rings (SSSR count). The first-order valence-corrected chi connectivity index (χ1v) is 9.31. The van der Waals surface area contributed by atoms with Crippen LogP contribution in [0.5, 0.6) is 5.75 Å². The van der Waals surface area contributed by atoms with Gasteiger partial charge in [0, 0.05) is 0 Å². The molecule has 1 amide bonds. The summed E-state index contributed by atoms with van der Waals surface area (Å²) in [5, 5.41) is 3.12. The highest BCUT2D eigenvalue weighted by molar-refractivity contribution is 5.81. The Bertz CT molecular complexity index is 711. The Labute approximate surface area is 150 Å². The van der Waals surface area contributed by atoms with Crippen LogP contribution in [0, 0.1) is 0 Å². The largest absolute Gasteiger partial charge is 0.481 e. The number of benzene rings is 2. The Hall–Kier alpha value is -2.29. The van der Waals surface area contributed by atoms with E-state index in [9.17, 15) is 4.79 Å². The maximum absolute atomic E-state index is 12.6. The number of hydrogen-bond donors (Lipinski definition) is 1. The molecule has 3 nitrogen and oxygen atoms in total. The monoisotopic (exact) mass is 337 g/mol. The predicted octanol–water partition coefficient (Wildman–Crippen LogP) is 4.60. The predicted molar refractivity (Wildman–Crippen MR) is 101 cm³/mol. The van der Waals surface area contributed by atoms with Gasteiger partial charge in [-0.25, -0.2) is 0 Å². The van der Waals surface area contributed by atoms with Gasteiger partial charge in [-0.3, -0.25) is 4.79 Å². The van der Waals surface area contributed by atoms with E-state index in [0.717, 1.165) is 30.6 Å². The molecular weight excluding hydrogens is 310 g/mol. The fourth-order valence-corrected chi connectivity index (χ4v) is 3.50. The van der Waals surface area contributed by atoms with Gasteiger partial charge in [0.1, 0.15) is 5.75 Å². The number of aryl methyl sites for hydroxylation is 1. The second kappa shape index (κ2) is 8.19. The van der Waals surface area contributed by atoms with E-state index >= 15 is 0 Å². The minimum absolute atomic E-state index is 0.0180. The quantitative estimate of drug-likeness (QED) is 0.836. The fourth-order valence-electron chi connectivity index (χ4n) is 3.50. The summed E-state index contributed by atoms with van der Waals surface area (Å²) in [5.41, 5.74) is 3.78. The lowest BCUT2D eigenvalue weighted by molar-refractivity contribution is -0.128. The number of amides is 1. The van der Waals surface area contributed by atoms with E-state index < -0.39 is 6.10 Å². The summed E-state index contributed by atoms with van der Waals surface area (Å²) in [6.45, 7) is 3.91. The van der Waals surface area contributed by atoms with E-state index in [4.69, 9.17) is 4.74 Å². The van der Waals surface area contributed by atoms with Crippen LogP contribution in [0.1, 0.15) is 55.8 Å². The summed E-state index contributed by atoms with van der Waals surface area (Å²) >= 11 is 0. The second-order valence-corrected chi connectivity index (χ2v) is 6.74. The zero-order valence-electron chi connectivity index (χ0n) is 15.1. The van der Waals surface area contributed by atoms with Gasteiger partial charge in [0.25, 0.3) is 5.91 Å². The van der Waals surface area contributed by atoms with Crippen molar-refractivity contribution in [3.8, 4) is 5.75 Å². The molecule has 0 aromatic heterocycles. The van der Waals surface area contributed by atoms with E-state index in [-0.39, 0.29) is 11.9 Å². The van der Waals surface area contributed by atoms with Gasteiger partial charge < -0.3 is 10.1 Å². The van der Waals surface area contributed by atoms with Crippen LogP contribution in [0.4, 0.5) is 0 Å². The molecule has 2 aromatic rings. The molecule has 0 saturated carbocycles. The van der Waals surface area contributed by atoms with Crippen molar-refractivity contribution in [3.05, 3.63) is 65.2 Å². The Balaban J connectivity index is 1.67. The first-order chi connectivity index (χ1) is 12.2. The summed E-state index contributed by atoms with van der Waals surface area (Å²) in [6.07, 6.45) is 4.93. The molecule has 2 atom stereocenters. The molecule has 1 aliphatic carbocycles. The van der Waals surface area contributed by atoms with Crippen LogP contribution in [0.15, 0.2) is 48.5 Å². The molecule has 1 N–H and O–H groups in total. The van der Waals surface area contributed by atoms with Crippen LogP contribution >= 0.6 is 0 Å². The van der Waals surface area contributed by atoms with Crippen LogP contribution in [0.25, 0.3) is 0 Å². The number of rotatable bonds is 6. The second-order valence-electron chi connectivity index (χ2n) is 6.74. The smallest absolute Gasteiger partial charge is 0.261 e. The standard InChI is InChI=1S/C22H27NO2/c1-3-20(18-11-5-4-6-12-18)23-22(24)16(2)25-21-15-9-13-17-10-7-8-14-19(17)21/h4-6,9,11-13,15-16,20H,3,7-8,10,14H2,1-2H3,(H,23,24). The van der Waals surface area contributed by atoms with Gasteiger partial charge in [0.05, 0.1) is 6.04 Å². The van der Waals surface area contributed by atoms with Crippen molar-refractivity contribution >= 4 is 5.91 Å². The highest BCUT2D eigenvalue weighted by Gasteiger charge is 2.21. The third-order valence-corrected chi connectivity index (χ3v) is 4.95. The third-order valence-electron chi connectivity index (χ3n) is 4.95. The maximum atomic E-state index is 12.6. The van der Waals surface area contributed by atoms with E-state index in [1.54, 1.807) is 0 Å². The molecule has 25 heavy (non-hydrogen) atoms. The molecule has 2 unspecified atom stereocenters. The van der Waals surface area contributed by atoms with E-state index in [1.807, 2.05) is 49.4 Å². The molecular formula is C22H27NO2. The number of carbonyl (C=O) groups excluding carboxylic acids is 1. The van der Waals surface area contributed by atoms with Gasteiger partial charge in [-0.05, 0) is 61.8 Å². The van der Waals surface area contributed by atoms with Crippen molar-refractivity contribution in [2.45, 2.75) is 58.1 Å². The summed E-state index contributed by atoms with van der Waals surface area (Å²) in [6, 6.07) is 16.3. The van der Waals surface area contributed by atoms with Gasteiger partial charge in [0.15, 0.2) is 6.10 Å². The normalized spacial score (nSPS) is 15.8. The van der Waals surface area contributed by atoms with Crippen LogP contribution in [0.3, 0.4) is 0 Å². The van der Waals surface area contributed by atoms with Crippen LogP contribution in [-0.4, -0.2) is 12.0 Å². The summed E-state index contributed by atoms with van der Waals surface area (Å²) in [7, 11) is 0.